The molecule has 0 saturated heterocycles. The lowest BCUT2D eigenvalue weighted by Crippen LogP contribution is -2.45. The third-order valence-corrected chi connectivity index (χ3v) is 3.57. The van der Waals surface area contributed by atoms with Crippen molar-refractivity contribution >= 4 is 21.8 Å². The maximum atomic E-state index is 12.3. The standard InChI is InChI=1S/C13H16BrNO2/c14-8-9-15(11-2-1-3-11)13(17)10-4-6-12(16)7-5-10/h4-7,11,16H,1-3,8-9H2. The van der Waals surface area contributed by atoms with Gasteiger partial charge in [0.25, 0.3) is 5.91 Å². The van der Waals surface area contributed by atoms with Crippen LogP contribution in [0.1, 0.15) is 29.6 Å². The van der Waals surface area contributed by atoms with Crippen molar-refractivity contribution in [1.82, 2.24) is 4.90 Å². The van der Waals surface area contributed by atoms with Gasteiger partial charge in [-0.25, -0.2) is 0 Å². The van der Waals surface area contributed by atoms with Gasteiger partial charge < -0.3 is 10.0 Å². The third-order valence-electron chi connectivity index (χ3n) is 3.22. The quantitative estimate of drug-likeness (QED) is 0.868. The predicted octanol–water partition coefficient (Wildman–Crippen LogP) is 2.78. The van der Waals surface area contributed by atoms with Gasteiger partial charge in [0, 0.05) is 23.5 Å². The van der Waals surface area contributed by atoms with E-state index in [0.717, 1.165) is 24.7 Å². The number of nitrogens with zero attached hydrogens (tertiary/aromatic N) is 1. The number of phenolic OH excluding ortho intramolecular Hbond substituents is 1. The highest BCUT2D eigenvalue weighted by molar-refractivity contribution is 9.09. The second kappa shape index (κ2) is 5.54. The zero-order chi connectivity index (χ0) is 12.3. The first-order valence-electron chi connectivity index (χ1n) is 5.88. The molecule has 1 aliphatic carbocycles. The van der Waals surface area contributed by atoms with E-state index < -0.39 is 0 Å². The number of hydrogen-bond donors (Lipinski definition) is 1. The number of carbonyl (C=O) groups is 1. The van der Waals surface area contributed by atoms with Crippen molar-refractivity contribution in [3.8, 4) is 5.75 Å². The van der Waals surface area contributed by atoms with E-state index in [1.165, 1.54) is 6.42 Å². The van der Waals surface area contributed by atoms with Crippen LogP contribution in [0.15, 0.2) is 24.3 Å². The number of phenols is 1. The Morgan fingerprint density at radius 2 is 2.00 bits per heavy atom. The zero-order valence-corrected chi connectivity index (χ0v) is 11.2. The highest BCUT2D eigenvalue weighted by atomic mass is 79.9. The number of benzene rings is 1. The van der Waals surface area contributed by atoms with Gasteiger partial charge in [0.05, 0.1) is 0 Å². The van der Waals surface area contributed by atoms with Gasteiger partial charge in [0.15, 0.2) is 0 Å². The Hall–Kier alpha value is -1.03. The fourth-order valence-electron chi connectivity index (χ4n) is 2.01. The van der Waals surface area contributed by atoms with Crippen molar-refractivity contribution in [3.63, 3.8) is 0 Å². The first-order valence-corrected chi connectivity index (χ1v) is 7.00. The number of carbonyl (C=O) groups excluding carboxylic acids is 1. The van der Waals surface area contributed by atoms with E-state index in [-0.39, 0.29) is 11.7 Å². The van der Waals surface area contributed by atoms with Crippen molar-refractivity contribution in [1.29, 1.82) is 0 Å². The summed E-state index contributed by atoms with van der Waals surface area (Å²) in [7, 11) is 0. The normalized spacial score (nSPS) is 15.4. The molecule has 3 nitrogen and oxygen atoms in total. The van der Waals surface area contributed by atoms with E-state index in [1.807, 2.05) is 4.90 Å². The third kappa shape index (κ3) is 2.80. The summed E-state index contributed by atoms with van der Waals surface area (Å²) in [6.07, 6.45) is 3.43. The van der Waals surface area contributed by atoms with Gasteiger partial charge in [-0.3, -0.25) is 4.79 Å². The van der Waals surface area contributed by atoms with E-state index >= 15 is 0 Å². The lowest BCUT2D eigenvalue weighted by molar-refractivity contribution is 0.0599. The average molecular weight is 298 g/mol. The molecule has 4 heteroatoms. The molecular weight excluding hydrogens is 282 g/mol. The van der Waals surface area contributed by atoms with Crippen LogP contribution in [0, 0.1) is 0 Å². The molecule has 1 fully saturated rings. The molecule has 1 aliphatic rings. The first-order chi connectivity index (χ1) is 8.22. The molecule has 1 amide bonds. The van der Waals surface area contributed by atoms with Crippen molar-refractivity contribution in [2.75, 3.05) is 11.9 Å². The molecule has 1 aromatic carbocycles. The summed E-state index contributed by atoms with van der Waals surface area (Å²) in [5.41, 5.74) is 0.649. The van der Waals surface area contributed by atoms with Crippen LogP contribution in [0.4, 0.5) is 0 Å². The summed E-state index contributed by atoms with van der Waals surface area (Å²) in [5.74, 6) is 0.256. The first kappa shape index (κ1) is 12.4. The van der Waals surface area contributed by atoms with Gasteiger partial charge in [-0.1, -0.05) is 15.9 Å². The number of alkyl halides is 1. The number of rotatable bonds is 4. The molecule has 1 aromatic rings. The van der Waals surface area contributed by atoms with Crippen molar-refractivity contribution in [2.45, 2.75) is 25.3 Å². The van der Waals surface area contributed by atoms with Gasteiger partial charge in [0.2, 0.25) is 0 Å². The largest absolute Gasteiger partial charge is 0.508 e. The van der Waals surface area contributed by atoms with Crippen LogP contribution in [0.3, 0.4) is 0 Å². The highest BCUT2D eigenvalue weighted by Crippen LogP contribution is 2.26. The van der Waals surface area contributed by atoms with Gasteiger partial charge in [-0.05, 0) is 43.5 Å². The van der Waals surface area contributed by atoms with Crippen LogP contribution in [0.5, 0.6) is 5.75 Å². The smallest absolute Gasteiger partial charge is 0.254 e. The maximum Gasteiger partial charge on any atom is 0.254 e. The van der Waals surface area contributed by atoms with E-state index in [1.54, 1.807) is 24.3 Å². The minimum Gasteiger partial charge on any atom is -0.508 e. The van der Waals surface area contributed by atoms with Gasteiger partial charge in [-0.15, -0.1) is 0 Å². The molecule has 17 heavy (non-hydrogen) atoms. The maximum absolute atomic E-state index is 12.3. The Kier molecular flexibility index (Phi) is 4.05. The summed E-state index contributed by atoms with van der Waals surface area (Å²) in [6, 6.07) is 6.87. The van der Waals surface area contributed by atoms with Crippen LogP contribution in [0.2, 0.25) is 0 Å². The SMILES string of the molecule is O=C(c1ccc(O)cc1)N(CCBr)C1CCC1. The molecule has 0 spiro atoms. The Morgan fingerprint density at radius 3 is 2.47 bits per heavy atom. The molecule has 2 rings (SSSR count). The highest BCUT2D eigenvalue weighted by Gasteiger charge is 2.28. The van der Waals surface area contributed by atoms with Crippen LogP contribution < -0.4 is 0 Å². The number of halogens is 1. The Balaban J connectivity index is 2.12. The van der Waals surface area contributed by atoms with E-state index in [0.29, 0.717) is 11.6 Å². The monoisotopic (exact) mass is 297 g/mol. The Bertz CT molecular complexity index is 387. The minimum atomic E-state index is 0.0640. The summed E-state index contributed by atoms with van der Waals surface area (Å²) in [5, 5.41) is 10.0. The second-order valence-corrected chi connectivity index (χ2v) is 5.11. The molecule has 1 N–H and O–H groups in total. The molecule has 0 heterocycles. The van der Waals surface area contributed by atoms with Crippen LogP contribution in [-0.4, -0.2) is 33.8 Å². The average Bonchev–Trinajstić information content (AvgIpc) is 2.26. The molecule has 92 valence electrons. The number of aromatic hydroxyl groups is 1. The molecule has 0 radical (unpaired) electrons. The molecular formula is C13H16BrNO2. The fraction of sp³-hybridized carbons (Fsp3) is 0.462. The fourth-order valence-corrected chi connectivity index (χ4v) is 2.39. The van der Waals surface area contributed by atoms with Gasteiger partial charge >= 0.3 is 0 Å². The lowest BCUT2D eigenvalue weighted by atomic mass is 9.91. The van der Waals surface area contributed by atoms with Gasteiger partial charge in [-0.2, -0.15) is 0 Å². The zero-order valence-electron chi connectivity index (χ0n) is 9.60. The molecule has 0 atom stereocenters. The van der Waals surface area contributed by atoms with E-state index in [4.69, 9.17) is 0 Å². The van der Waals surface area contributed by atoms with Crippen LogP contribution in [0.25, 0.3) is 0 Å². The number of hydrogen-bond acceptors (Lipinski definition) is 2. The minimum absolute atomic E-state index is 0.0640. The van der Waals surface area contributed by atoms with Crippen molar-refractivity contribution < 1.29 is 9.90 Å². The molecule has 0 aliphatic heterocycles. The van der Waals surface area contributed by atoms with Crippen LogP contribution >= 0.6 is 15.9 Å². The predicted molar refractivity (Wildman–Crippen MR) is 70.6 cm³/mol. The summed E-state index contributed by atoms with van der Waals surface area (Å²) in [4.78, 5) is 14.2. The van der Waals surface area contributed by atoms with Gasteiger partial charge in [0.1, 0.15) is 5.75 Å². The van der Waals surface area contributed by atoms with E-state index in [9.17, 15) is 9.90 Å². The van der Waals surface area contributed by atoms with Crippen molar-refractivity contribution in [3.05, 3.63) is 29.8 Å². The molecule has 0 bridgehead atoms. The van der Waals surface area contributed by atoms with Crippen LogP contribution in [-0.2, 0) is 0 Å². The lowest BCUT2D eigenvalue weighted by Gasteiger charge is -2.37. The van der Waals surface area contributed by atoms with Crippen molar-refractivity contribution in [2.24, 2.45) is 0 Å². The molecule has 0 unspecified atom stereocenters. The Labute approximate surface area is 110 Å². The van der Waals surface area contributed by atoms with E-state index in [2.05, 4.69) is 15.9 Å². The summed E-state index contributed by atoms with van der Waals surface area (Å²) >= 11 is 3.39. The Morgan fingerprint density at radius 1 is 1.35 bits per heavy atom. The molecule has 0 aromatic heterocycles. The number of amides is 1. The molecule has 1 saturated carbocycles. The topological polar surface area (TPSA) is 40.5 Å². The summed E-state index contributed by atoms with van der Waals surface area (Å²) in [6.45, 7) is 0.740. The summed E-state index contributed by atoms with van der Waals surface area (Å²) < 4.78 is 0. The second-order valence-electron chi connectivity index (χ2n) is 4.32.